The van der Waals surface area contributed by atoms with Crippen molar-refractivity contribution < 1.29 is 0 Å². The van der Waals surface area contributed by atoms with Crippen molar-refractivity contribution in [3.63, 3.8) is 0 Å². The van der Waals surface area contributed by atoms with Gasteiger partial charge in [0, 0.05) is 12.2 Å². The van der Waals surface area contributed by atoms with Crippen LogP contribution in [-0.2, 0) is 0 Å². The van der Waals surface area contributed by atoms with Crippen LogP contribution in [0.4, 0.5) is 0 Å². The average Bonchev–Trinajstić information content (AvgIpc) is 2.32. The molecule has 0 fully saturated rings. The maximum absolute atomic E-state index is 5.49. The molecule has 0 aliphatic rings. The fraction of sp³-hybridized carbons (Fsp3) is 1.00. The Bertz CT molecular complexity index is 386. The molecule has 6 nitrogen and oxygen atoms in total. The van der Waals surface area contributed by atoms with Gasteiger partial charge >= 0.3 is 0 Å². The molecule has 0 N–H and O–H groups in total. The van der Waals surface area contributed by atoms with Crippen LogP contribution in [0.1, 0.15) is 20.8 Å². The van der Waals surface area contributed by atoms with Gasteiger partial charge in [0.15, 0.2) is 7.51 Å². The molecule has 128 valence electrons. The van der Waals surface area contributed by atoms with Crippen molar-refractivity contribution >= 4 is 14.9 Å². The highest BCUT2D eigenvalue weighted by Gasteiger charge is 2.35. The Kier molecular flexibility index (Phi) is 8.35. The van der Waals surface area contributed by atoms with Gasteiger partial charge in [0.25, 0.3) is 0 Å². The van der Waals surface area contributed by atoms with Crippen LogP contribution >= 0.6 is 14.9 Å². The van der Waals surface area contributed by atoms with E-state index in [4.69, 9.17) is 9.26 Å². The maximum atomic E-state index is 5.49. The Morgan fingerprint density at radius 1 is 0.762 bits per heavy atom. The van der Waals surface area contributed by atoms with Gasteiger partial charge in [-0.1, -0.05) is 13.8 Å². The van der Waals surface area contributed by atoms with Crippen molar-refractivity contribution in [3.05, 3.63) is 0 Å². The summed E-state index contributed by atoms with van der Waals surface area (Å²) in [6.07, 6.45) is 0. The SMILES string of the molecule is CCN=P(N=P(N(C)C)(N(C)C)N(C)C)(C(C)C)N(C)C. The molecule has 0 aromatic rings. The van der Waals surface area contributed by atoms with E-state index in [1.807, 2.05) is 0 Å². The Morgan fingerprint density at radius 3 is 1.33 bits per heavy atom. The molecule has 0 amide bonds. The average molecular weight is 338 g/mol. The number of hydrogen-bond acceptors (Lipinski definition) is 1. The van der Waals surface area contributed by atoms with E-state index in [1.54, 1.807) is 0 Å². The number of nitrogens with zero attached hydrogens (tertiary/aromatic N) is 6. The molecular formula is C13H36N6P2. The molecule has 0 aromatic carbocycles. The van der Waals surface area contributed by atoms with Gasteiger partial charge < -0.3 is 0 Å². The third-order valence-electron chi connectivity index (χ3n) is 3.49. The Balaban J connectivity index is 6.69. The molecule has 0 saturated carbocycles. The van der Waals surface area contributed by atoms with E-state index in [1.165, 1.54) is 0 Å². The molecule has 8 heteroatoms. The predicted molar refractivity (Wildman–Crippen MR) is 99.1 cm³/mol. The molecule has 0 spiro atoms. The van der Waals surface area contributed by atoms with Crippen LogP contribution in [-0.4, -0.2) is 87.3 Å². The Morgan fingerprint density at radius 2 is 1.14 bits per heavy atom. The van der Waals surface area contributed by atoms with Crippen LogP contribution in [0.15, 0.2) is 9.26 Å². The smallest absolute Gasteiger partial charge is 0.172 e. The summed E-state index contributed by atoms with van der Waals surface area (Å²) in [7, 11) is 13.1. The summed E-state index contributed by atoms with van der Waals surface area (Å²) in [5, 5.41) is 0. The lowest BCUT2D eigenvalue weighted by atomic mass is 10.6. The lowest BCUT2D eigenvalue weighted by molar-refractivity contribution is 0.474. The molecule has 1 atom stereocenters. The third kappa shape index (κ3) is 4.19. The second kappa shape index (κ2) is 8.24. The molecule has 0 rings (SSSR count). The highest BCUT2D eigenvalue weighted by Crippen LogP contribution is 2.68. The summed E-state index contributed by atoms with van der Waals surface area (Å²) in [6.45, 7) is 7.40. The van der Waals surface area contributed by atoms with Gasteiger partial charge in [0.2, 0.25) is 0 Å². The lowest BCUT2D eigenvalue weighted by Gasteiger charge is -2.44. The van der Waals surface area contributed by atoms with Gasteiger partial charge in [-0.2, -0.15) is 0 Å². The van der Waals surface area contributed by atoms with Crippen molar-refractivity contribution in [2.75, 3.05) is 62.9 Å². The minimum Gasteiger partial charge on any atom is -0.268 e. The zero-order valence-corrected chi connectivity index (χ0v) is 17.7. The van der Waals surface area contributed by atoms with Crippen LogP contribution in [0.3, 0.4) is 0 Å². The van der Waals surface area contributed by atoms with Crippen LogP contribution in [0.2, 0.25) is 0 Å². The van der Waals surface area contributed by atoms with Crippen LogP contribution in [0.5, 0.6) is 0 Å². The van der Waals surface area contributed by atoms with E-state index in [0.717, 1.165) is 6.54 Å². The molecule has 0 heterocycles. The molecular weight excluding hydrogens is 302 g/mol. The molecule has 21 heavy (non-hydrogen) atoms. The van der Waals surface area contributed by atoms with Crippen molar-refractivity contribution in [2.24, 2.45) is 9.26 Å². The molecule has 0 aromatic heterocycles. The predicted octanol–water partition coefficient (Wildman–Crippen LogP) is 3.64. The molecule has 1 unspecified atom stereocenters. The lowest BCUT2D eigenvalue weighted by Crippen LogP contribution is -2.31. The standard InChI is InChI=1S/C13H36N6P2/c1-12-14-20(13(2)3,16(4)5)15-21(17(6)7,18(8)9)19(10)11/h13H,12H2,1-11H3. The first-order valence-corrected chi connectivity index (χ1v) is 10.7. The van der Waals surface area contributed by atoms with E-state index >= 15 is 0 Å². The van der Waals surface area contributed by atoms with Crippen molar-refractivity contribution in [2.45, 2.75) is 26.4 Å². The topological polar surface area (TPSA) is 37.7 Å². The van der Waals surface area contributed by atoms with E-state index in [2.05, 4.69) is 95.8 Å². The van der Waals surface area contributed by atoms with E-state index in [-0.39, 0.29) is 0 Å². The monoisotopic (exact) mass is 338 g/mol. The second-order valence-electron chi connectivity index (χ2n) is 6.18. The van der Waals surface area contributed by atoms with Crippen LogP contribution < -0.4 is 0 Å². The van der Waals surface area contributed by atoms with Gasteiger partial charge in [-0.25, -0.2) is 4.52 Å². The zero-order chi connectivity index (χ0) is 17.0. The van der Waals surface area contributed by atoms with Gasteiger partial charge in [-0.05, 0) is 63.3 Å². The maximum Gasteiger partial charge on any atom is 0.172 e. The van der Waals surface area contributed by atoms with Gasteiger partial charge in [0.05, 0.1) is 0 Å². The number of rotatable bonds is 7. The molecule has 0 aliphatic heterocycles. The zero-order valence-electron chi connectivity index (χ0n) is 15.9. The minimum absolute atomic E-state index is 0.409. The van der Waals surface area contributed by atoms with E-state index in [9.17, 15) is 0 Å². The van der Waals surface area contributed by atoms with E-state index < -0.39 is 14.9 Å². The molecule has 0 aliphatic carbocycles. The summed E-state index contributed by atoms with van der Waals surface area (Å²) < 4.78 is 19.5. The van der Waals surface area contributed by atoms with E-state index in [0.29, 0.717) is 5.66 Å². The third-order valence-corrected chi connectivity index (χ3v) is 12.0. The molecule has 0 bridgehead atoms. The number of hydrogen-bond donors (Lipinski definition) is 0. The largest absolute Gasteiger partial charge is 0.268 e. The normalized spacial score (nSPS) is 16.2. The van der Waals surface area contributed by atoms with Gasteiger partial charge in [-0.15, -0.1) is 0 Å². The second-order valence-corrected chi connectivity index (χ2v) is 13.7. The highest BCUT2D eigenvalue weighted by atomic mass is 31.2. The van der Waals surface area contributed by atoms with Crippen LogP contribution in [0.25, 0.3) is 0 Å². The highest BCUT2D eigenvalue weighted by molar-refractivity contribution is 7.72. The Hall–Kier alpha value is 0.300. The first kappa shape index (κ1) is 21.3. The summed E-state index contributed by atoms with van der Waals surface area (Å²) in [6, 6.07) is 0. The fourth-order valence-electron chi connectivity index (χ4n) is 2.66. The first-order valence-electron chi connectivity index (χ1n) is 7.41. The molecule has 0 radical (unpaired) electrons. The van der Waals surface area contributed by atoms with Crippen LogP contribution in [0, 0.1) is 0 Å². The fourth-order valence-corrected chi connectivity index (χ4v) is 11.8. The first-order chi connectivity index (χ1) is 9.48. The summed E-state index contributed by atoms with van der Waals surface area (Å²) in [5.74, 6) is 0. The van der Waals surface area contributed by atoms with Crippen molar-refractivity contribution in [1.29, 1.82) is 0 Å². The van der Waals surface area contributed by atoms with Gasteiger partial charge in [-0.3, -0.25) is 23.4 Å². The molecule has 0 saturated heterocycles. The van der Waals surface area contributed by atoms with Crippen molar-refractivity contribution in [3.8, 4) is 0 Å². The minimum atomic E-state index is -1.93. The van der Waals surface area contributed by atoms with Gasteiger partial charge in [0.1, 0.15) is 7.36 Å². The Labute approximate surface area is 132 Å². The summed E-state index contributed by atoms with van der Waals surface area (Å²) >= 11 is 0. The summed E-state index contributed by atoms with van der Waals surface area (Å²) in [5.41, 5.74) is 0.409. The van der Waals surface area contributed by atoms with Crippen molar-refractivity contribution in [1.82, 2.24) is 18.7 Å². The quantitative estimate of drug-likeness (QED) is 0.664. The summed E-state index contributed by atoms with van der Waals surface area (Å²) in [4.78, 5) is 0.